The lowest BCUT2D eigenvalue weighted by Crippen LogP contribution is -1.92. The minimum absolute atomic E-state index is 0.467. The van der Waals surface area contributed by atoms with Gasteiger partial charge in [-0.15, -0.1) is 10.2 Å². The van der Waals surface area contributed by atoms with Gasteiger partial charge in [-0.2, -0.15) is 0 Å². The quantitative estimate of drug-likeness (QED) is 0.880. The lowest BCUT2D eigenvalue weighted by atomic mass is 10.2. The van der Waals surface area contributed by atoms with E-state index in [9.17, 15) is 5.11 Å². The SMILES string of the molecule is Cc1nnc(Sc2ccc([C@H](C)O)cn2)o1. The Labute approximate surface area is 96.9 Å². The number of hydrogen-bond acceptors (Lipinski definition) is 6. The van der Waals surface area contributed by atoms with Gasteiger partial charge in [0.05, 0.1) is 6.10 Å². The van der Waals surface area contributed by atoms with Crippen molar-refractivity contribution in [3.63, 3.8) is 0 Å². The number of aliphatic hydroxyl groups excluding tert-OH is 1. The van der Waals surface area contributed by atoms with Gasteiger partial charge in [-0.25, -0.2) is 4.98 Å². The van der Waals surface area contributed by atoms with E-state index in [1.165, 1.54) is 11.8 Å². The molecule has 5 nitrogen and oxygen atoms in total. The number of aliphatic hydroxyl groups is 1. The zero-order chi connectivity index (χ0) is 11.5. The van der Waals surface area contributed by atoms with Gasteiger partial charge in [-0.3, -0.25) is 0 Å². The number of rotatable bonds is 3. The lowest BCUT2D eigenvalue weighted by Gasteiger charge is -2.03. The first kappa shape index (κ1) is 11.1. The van der Waals surface area contributed by atoms with E-state index in [1.54, 1.807) is 20.0 Å². The second kappa shape index (κ2) is 4.63. The van der Waals surface area contributed by atoms with Crippen LogP contribution in [0, 0.1) is 6.92 Å². The van der Waals surface area contributed by atoms with E-state index >= 15 is 0 Å². The summed E-state index contributed by atoms with van der Waals surface area (Å²) in [6, 6.07) is 3.63. The fraction of sp³-hybridized carbons (Fsp3) is 0.300. The van der Waals surface area contributed by atoms with Crippen molar-refractivity contribution in [3.8, 4) is 0 Å². The van der Waals surface area contributed by atoms with Crippen molar-refractivity contribution in [1.29, 1.82) is 0 Å². The molecular weight excluding hydrogens is 226 g/mol. The van der Waals surface area contributed by atoms with Gasteiger partial charge in [-0.05, 0) is 30.3 Å². The van der Waals surface area contributed by atoms with Gasteiger partial charge >= 0.3 is 0 Å². The topological polar surface area (TPSA) is 72.0 Å². The van der Waals surface area contributed by atoms with Crippen LogP contribution in [0.1, 0.15) is 24.5 Å². The Hall–Kier alpha value is -1.40. The van der Waals surface area contributed by atoms with E-state index in [0.29, 0.717) is 11.1 Å². The van der Waals surface area contributed by atoms with Crippen LogP contribution in [-0.4, -0.2) is 20.3 Å². The van der Waals surface area contributed by atoms with Crippen LogP contribution in [-0.2, 0) is 0 Å². The van der Waals surface area contributed by atoms with Gasteiger partial charge in [0.2, 0.25) is 5.89 Å². The Morgan fingerprint density at radius 1 is 1.38 bits per heavy atom. The summed E-state index contributed by atoms with van der Waals surface area (Å²) in [7, 11) is 0. The summed E-state index contributed by atoms with van der Waals surface area (Å²) in [5.74, 6) is 0.531. The van der Waals surface area contributed by atoms with E-state index in [0.717, 1.165) is 10.6 Å². The zero-order valence-corrected chi connectivity index (χ0v) is 9.73. The van der Waals surface area contributed by atoms with Gasteiger partial charge in [0.1, 0.15) is 5.03 Å². The highest BCUT2D eigenvalue weighted by Crippen LogP contribution is 2.25. The normalized spacial score (nSPS) is 12.7. The molecule has 2 aromatic rings. The minimum atomic E-state index is -0.503. The van der Waals surface area contributed by atoms with Gasteiger partial charge in [-0.1, -0.05) is 6.07 Å². The maximum Gasteiger partial charge on any atom is 0.282 e. The molecule has 0 fully saturated rings. The molecule has 0 unspecified atom stereocenters. The molecule has 0 aliphatic carbocycles. The fourth-order valence-electron chi connectivity index (χ4n) is 1.11. The summed E-state index contributed by atoms with van der Waals surface area (Å²) in [4.78, 5) is 4.18. The summed E-state index contributed by atoms with van der Waals surface area (Å²) >= 11 is 1.30. The maximum atomic E-state index is 9.32. The van der Waals surface area contributed by atoms with Crippen LogP contribution in [0.2, 0.25) is 0 Å². The van der Waals surface area contributed by atoms with Crippen LogP contribution < -0.4 is 0 Å². The Kier molecular flexibility index (Phi) is 3.21. The van der Waals surface area contributed by atoms with Crippen molar-refractivity contribution >= 4 is 11.8 Å². The summed E-state index contributed by atoms with van der Waals surface area (Å²) in [6.07, 6.45) is 1.13. The van der Waals surface area contributed by atoms with Gasteiger partial charge in [0.25, 0.3) is 5.22 Å². The van der Waals surface area contributed by atoms with Gasteiger partial charge < -0.3 is 9.52 Å². The molecular formula is C10H11N3O2S. The Morgan fingerprint density at radius 2 is 2.19 bits per heavy atom. The first-order valence-corrected chi connectivity index (χ1v) is 5.59. The average Bonchev–Trinajstić information content (AvgIpc) is 2.65. The lowest BCUT2D eigenvalue weighted by molar-refractivity contribution is 0.198. The molecule has 0 aliphatic rings. The van der Waals surface area contributed by atoms with Crippen LogP contribution in [0.3, 0.4) is 0 Å². The molecule has 1 atom stereocenters. The van der Waals surface area contributed by atoms with Crippen LogP contribution in [0.4, 0.5) is 0 Å². The van der Waals surface area contributed by atoms with Crippen molar-refractivity contribution in [2.45, 2.75) is 30.2 Å². The molecule has 0 amide bonds. The molecule has 0 aliphatic heterocycles. The van der Waals surface area contributed by atoms with Gasteiger partial charge in [0.15, 0.2) is 0 Å². The predicted octanol–water partition coefficient (Wildman–Crippen LogP) is 1.98. The number of aryl methyl sites for hydroxylation is 1. The van der Waals surface area contributed by atoms with Crippen LogP contribution in [0.25, 0.3) is 0 Å². The van der Waals surface area contributed by atoms with E-state index in [-0.39, 0.29) is 0 Å². The van der Waals surface area contributed by atoms with Crippen LogP contribution >= 0.6 is 11.8 Å². The Morgan fingerprint density at radius 3 is 2.69 bits per heavy atom. The average molecular weight is 237 g/mol. The van der Waals surface area contributed by atoms with Crippen molar-refractivity contribution in [3.05, 3.63) is 29.8 Å². The molecule has 1 N–H and O–H groups in total. The molecule has 6 heteroatoms. The van der Waals surface area contributed by atoms with E-state index in [4.69, 9.17) is 4.42 Å². The number of aromatic nitrogens is 3. The molecule has 2 aromatic heterocycles. The smallest absolute Gasteiger partial charge is 0.282 e. The number of nitrogens with zero attached hydrogens (tertiary/aromatic N) is 3. The molecule has 0 saturated heterocycles. The summed E-state index contributed by atoms with van der Waals surface area (Å²) in [6.45, 7) is 3.44. The third-order valence-electron chi connectivity index (χ3n) is 1.94. The molecule has 84 valence electrons. The van der Waals surface area contributed by atoms with E-state index in [2.05, 4.69) is 15.2 Å². The summed E-state index contributed by atoms with van der Waals surface area (Å²) in [5.41, 5.74) is 0.783. The van der Waals surface area contributed by atoms with Crippen molar-refractivity contribution < 1.29 is 9.52 Å². The Bertz CT molecular complexity index is 467. The highest BCUT2D eigenvalue weighted by molar-refractivity contribution is 7.99. The fourth-order valence-corrected chi connectivity index (χ4v) is 1.77. The second-order valence-corrected chi connectivity index (χ2v) is 4.27. The molecule has 0 bridgehead atoms. The predicted molar refractivity (Wildman–Crippen MR) is 58.0 cm³/mol. The highest BCUT2D eigenvalue weighted by Gasteiger charge is 2.07. The van der Waals surface area contributed by atoms with Crippen molar-refractivity contribution in [1.82, 2.24) is 15.2 Å². The number of hydrogen-bond donors (Lipinski definition) is 1. The molecule has 0 radical (unpaired) electrons. The second-order valence-electron chi connectivity index (χ2n) is 3.29. The Balaban J connectivity index is 2.11. The molecule has 0 aromatic carbocycles. The minimum Gasteiger partial charge on any atom is -0.416 e. The first-order chi connectivity index (χ1) is 7.65. The van der Waals surface area contributed by atoms with E-state index in [1.807, 2.05) is 12.1 Å². The summed E-state index contributed by atoms with van der Waals surface area (Å²) in [5, 5.41) is 18.1. The third-order valence-corrected chi connectivity index (χ3v) is 2.73. The van der Waals surface area contributed by atoms with E-state index < -0.39 is 6.10 Å². The molecule has 16 heavy (non-hydrogen) atoms. The van der Waals surface area contributed by atoms with Crippen LogP contribution in [0.5, 0.6) is 0 Å². The zero-order valence-electron chi connectivity index (χ0n) is 8.91. The third kappa shape index (κ3) is 2.59. The molecule has 0 saturated carbocycles. The van der Waals surface area contributed by atoms with Crippen LogP contribution in [0.15, 0.2) is 33.0 Å². The molecule has 2 heterocycles. The highest BCUT2D eigenvalue weighted by atomic mass is 32.2. The maximum absolute atomic E-state index is 9.32. The molecule has 0 spiro atoms. The van der Waals surface area contributed by atoms with Gasteiger partial charge in [0, 0.05) is 13.1 Å². The summed E-state index contributed by atoms with van der Waals surface area (Å²) < 4.78 is 5.22. The van der Waals surface area contributed by atoms with Crippen molar-refractivity contribution in [2.75, 3.05) is 0 Å². The monoisotopic (exact) mass is 237 g/mol. The molecule has 2 rings (SSSR count). The standard InChI is InChI=1S/C10H11N3O2S/c1-6(14)8-3-4-9(11-5-8)16-10-13-12-7(2)15-10/h3-6,14H,1-2H3/t6-/m0/s1. The first-order valence-electron chi connectivity index (χ1n) is 4.77. The largest absolute Gasteiger partial charge is 0.416 e. The van der Waals surface area contributed by atoms with Crippen molar-refractivity contribution in [2.24, 2.45) is 0 Å². The number of pyridine rings is 1.